The van der Waals surface area contributed by atoms with Crippen LogP contribution in [0.4, 0.5) is 0 Å². The first kappa shape index (κ1) is 11.8. The molecule has 2 aromatic rings. The van der Waals surface area contributed by atoms with Crippen molar-refractivity contribution in [2.45, 2.75) is 18.9 Å². The maximum atomic E-state index is 4.47. The zero-order chi connectivity index (χ0) is 12.4. The second-order valence-electron chi connectivity index (χ2n) is 4.49. The summed E-state index contributed by atoms with van der Waals surface area (Å²) in [7, 11) is 0. The lowest BCUT2D eigenvalue weighted by Gasteiger charge is -2.08. The van der Waals surface area contributed by atoms with E-state index in [-0.39, 0.29) is 0 Å². The molecule has 0 amide bonds. The average Bonchev–Trinajstić information content (AvgIpc) is 2.94. The Balaban J connectivity index is 1.84. The quantitative estimate of drug-likeness (QED) is 0.925. The molecule has 3 rings (SSSR count). The molecule has 0 bridgehead atoms. The van der Waals surface area contributed by atoms with Gasteiger partial charge < -0.3 is 5.32 Å². The van der Waals surface area contributed by atoms with Crippen LogP contribution in [0.3, 0.4) is 0 Å². The zero-order valence-corrected chi connectivity index (χ0v) is 11.5. The first-order valence-corrected chi connectivity index (χ1v) is 6.93. The van der Waals surface area contributed by atoms with Crippen LogP contribution < -0.4 is 5.32 Å². The normalized spacial score (nSPS) is 19.1. The molecule has 1 saturated heterocycles. The van der Waals surface area contributed by atoms with E-state index in [1.54, 1.807) is 0 Å². The first-order valence-electron chi connectivity index (χ1n) is 6.14. The van der Waals surface area contributed by atoms with Gasteiger partial charge in [0.1, 0.15) is 5.82 Å². The Morgan fingerprint density at radius 3 is 2.39 bits per heavy atom. The van der Waals surface area contributed by atoms with Gasteiger partial charge in [-0.3, -0.25) is 0 Å². The van der Waals surface area contributed by atoms with Crippen molar-refractivity contribution < 1.29 is 0 Å². The molecule has 1 aromatic heterocycles. The second-order valence-corrected chi connectivity index (χ2v) is 5.40. The lowest BCUT2D eigenvalue weighted by molar-refractivity contribution is 0.605. The van der Waals surface area contributed by atoms with E-state index in [0.717, 1.165) is 34.4 Å². The molecule has 1 aromatic carbocycles. The van der Waals surface area contributed by atoms with E-state index in [0.29, 0.717) is 6.04 Å². The van der Waals surface area contributed by atoms with Crippen LogP contribution in [0, 0.1) is 0 Å². The largest absolute Gasteiger partial charge is 0.307 e. The molecule has 0 spiro atoms. The standard InChI is InChI=1S/C14H14BrN3/c15-12-5-3-10(4-6-12)11-8-17-14(18-9-11)13-2-1-7-16-13/h3-6,8-9,13,16H,1-2,7H2. The second kappa shape index (κ2) is 5.16. The van der Waals surface area contributed by atoms with E-state index < -0.39 is 0 Å². The molecule has 1 unspecified atom stereocenters. The number of aromatic nitrogens is 2. The number of halogens is 1. The van der Waals surface area contributed by atoms with Crippen molar-refractivity contribution >= 4 is 15.9 Å². The summed E-state index contributed by atoms with van der Waals surface area (Å²) in [5.41, 5.74) is 2.20. The van der Waals surface area contributed by atoms with Crippen LogP contribution in [-0.4, -0.2) is 16.5 Å². The smallest absolute Gasteiger partial charge is 0.145 e. The number of rotatable bonds is 2. The number of nitrogens with one attached hydrogen (secondary N) is 1. The van der Waals surface area contributed by atoms with Gasteiger partial charge in [0.15, 0.2) is 0 Å². The molecule has 1 aliphatic heterocycles. The summed E-state index contributed by atoms with van der Waals surface area (Å²) < 4.78 is 1.08. The van der Waals surface area contributed by atoms with Crippen LogP contribution in [0.2, 0.25) is 0 Å². The van der Waals surface area contributed by atoms with E-state index in [4.69, 9.17) is 0 Å². The summed E-state index contributed by atoms with van der Waals surface area (Å²) in [6.07, 6.45) is 6.16. The fourth-order valence-electron chi connectivity index (χ4n) is 2.21. The molecule has 1 atom stereocenters. The van der Waals surface area contributed by atoms with Gasteiger partial charge in [-0.1, -0.05) is 28.1 Å². The van der Waals surface area contributed by atoms with E-state index in [1.807, 2.05) is 24.5 Å². The van der Waals surface area contributed by atoms with Crippen molar-refractivity contribution in [1.82, 2.24) is 15.3 Å². The van der Waals surface area contributed by atoms with Gasteiger partial charge in [0.25, 0.3) is 0 Å². The number of nitrogens with zero attached hydrogens (tertiary/aromatic N) is 2. The van der Waals surface area contributed by atoms with Gasteiger partial charge in [-0.15, -0.1) is 0 Å². The number of hydrogen-bond acceptors (Lipinski definition) is 3. The monoisotopic (exact) mass is 303 g/mol. The van der Waals surface area contributed by atoms with Crippen molar-refractivity contribution in [1.29, 1.82) is 0 Å². The van der Waals surface area contributed by atoms with E-state index >= 15 is 0 Å². The van der Waals surface area contributed by atoms with Gasteiger partial charge in [0.2, 0.25) is 0 Å². The first-order chi connectivity index (χ1) is 8.83. The van der Waals surface area contributed by atoms with Gasteiger partial charge in [-0.2, -0.15) is 0 Å². The predicted molar refractivity (Wildman–Crippen MR) is 75.1 cm³/mol. The topological polar surface area (TPSA) is 37.8 Å². The molecule has 0 saturated carbocycles. The zero-order valence-electron chi connectivity index (χ0n) is 9.94. The Morgan fingerprint density at radius 1 is 1.06 bits per heavy atom. The molecule has 18 heavy (non-hydrogen) atoms. The molecule has 92 valence electrons. The molecule has 1 fully saturated rings. The lowest BCUT2D eigenvalue weighted by Crippen LogP contribution is -2.15. The van der Waals surface area contributed by atoms with Gasteiger partial charge in [0.05, 0.1) is 6.04 Å². The fourth-order valence-corrected chi connectivity index (χ4v) is 2.48. The third kappa shape index (κ3) is 2.44. The highest BCUT2D eigenvalue weighted by Gasteiger charge is 2.18. The lowest BCUT2D eigenvalue weighted by atomic mass is 10.1. The highest BCUT2D eigenvalue weighted by Crippen LogP contribution is 2.23. The summed E-state index contributed by atoms with van der Waals surface area (Å²) in [6.45, 7) is 1.07. The molecule has 0 aliphatic carbocycles. The molecular formula is C14H14BrN3. The van der Waals surface area contributed by atoms with Crippen molar-refractivity contribution in [2.24, 2.45) is 0 Å². The Bertz CT molecular complexity index is 516. The van der Waals surface area contributed by atoms with E-state index in [9.17, 15) is 0 Å². The van der Waals surface area contributed by atoms with E-state index in [2.05, 4.69) is 43.3 Å². The summed E-state index contributed by atoms with van der Waals surface area (Å²) in [4.78, 5) is 8.95. The predicted octanol–water partition coefficient (Wildman–Crippen LogP) is 3.33. The summed E-state index contributed by atoms with van der Waals surface area (Å²) in [5.74, 6) is 0.911. The highest BCUT2D eigenvalue weighted by atomic mass is 79.9. The van der Waals surface area contributed by atoms with E-state index in [1.165, 1.54) is 6.42 Å². The van der Waals surface area contributed by atoms with Crippen molar-refractivity contribution in [3.8, 4) is 11.1 Å². The van der Waals surface area contributed by atoms with Gasteiger partial charge in [-0.25, -0.2) is 9.97 Å². The van der Waals surface area contributed by atoms with Gasteiger partial charge in [-0.05, 0) is 37.1 Å². The molecule has 0 radical (unpaired) electrons. The molecule has 2 heterocycles. The third-order valence-electron chi connectivity index (χ3n) is 3.22. The minimum absolute atomic E-state index is 0.337. The Kier molecular flexibility index (Phi) is 3.39. The molecular weight excluding hydrogens is 290 g/mol. The van der Waals surface area contributed by atoms with Gasteiger partial charge >= 0.3 is 0 Å². The number of benzene rings is 1. The maximum Gasteiger partial charge on any atom is 0.145 e. The molecule has 1 aliphatic rings. The summed E-state index contributed by atoms with van der Waals surface area (Å²) in [6, 6.07) is 8.53. The average molecular weight is 304 g/mol. The molecule has 3 nitrogen and oxygen atoms in total. The summed E-state index contributed by atoms with van der Waals surface area (Å²) >= 11 is 3.43. The van der Waals surface area contributed by atoms with Crippen LogP contribution in [0.15, 0.2) is 41.1 Å². The van der Waals surface area contributed by atoms with Crippen molar-refractivity contribution in [3.63, 3.8) is 0 Å². The van der Waals surface area contributed by atoms with Crippen LogP contribution in [-0.2, 0) is 0 Å². The Hall–Kier alpha value is -1.26. The minimum Gasteiger partial charge on any atom is -0.307 e. The van der Waals surface area contributed by atoms with Crippen LogP contribution >= 0.6 is 15.9 Å². The van der Waals surface area contributed by atoms with Crippen LogP contribution in [0.25, 0.3) is 11.1 Å². The Morgan fingerprint density at radius 2 is 1.78 bits per heavy atom. The van der Waals surface area contributed by atoms with Crippen molar-refractivity contribution in [3.05, 3.63) is 47.0 Å². The maximum absolute atomic E-state index is 4.47. The highest BCUT2D eigenvalue weighted by molar-refractivity contribution is 9.10. The van der Waals surface area contributed by atoms with Crippen LogP contribution in [0.1, 0.15) is 24.7 Å². The van der Waals surface area contributed by atoms with Crippen molar-refractivity contribution in [2.75, 3.05) is 6.54 Å². The minimum atomic E-state index is 0.337. The molecule has 4 heteroatoms. The Labute approximate surface area is 115 Å². The van der Waals surface area contributed by atoms with Crippen LogP contribution in [0.5, 0.6) is 0 Å². The molecule has 1 N–H and O–H groups in total. The van der Waals surface area contributed by atoms with Gasteiger partial charge in [0, 0.05) is 22.4 Å². The third-order valence-corrected chi connectivity index (χ3v) is 3.75. The summed E-state index contributed by atoms with van der Waals surface area (Å²) in [5, 5.41) is 3.41. The number of hydrogen-bond donors (Lipinski definition) is 1. The SMILES string of the molecule is Brc1ccc(-c2cnc(C3CCCN3)nc2)cc1. The fraction of sp³-hybridized carbons (Fsp3) is 0.286.